The van der Waals surface area contributed by atoms with Gasteiger partial charge in [0.05, 0.1) is 11.4 Å². The van der Waals surface area contributed by atoms with Gasteiger partial charge in [0.25, 0.3) is 11.8 Å². The maximum Gasteiger partial charge on any atom is 0.276 e. The van der Waals surface area contributed by atoms with Crippen LogP contribution in [-0.2, 0) is 9.59 Å². The molecule has 1 saturated heterocycles. The number of rotatable bonds is 2. The topological polar surface area (TPSA) is 61.8 Å². The van der Waals surface area contributed by atoms with E-state index in [0.717, 1.165) is 5.56 Å². The number of hydrogen-bond acceptors (Lipinski definition) is 4. The Kier molecular flexibility index (Phi) is 3.78. The van der Waals surface area contributed by atoms with Gasteiger partial charge < -0.3 is 5.32 Å². The third-order valence-electron chi connectivity index (χ3n) is 3.83. The summed E-state index contributed by atoms with van der Waals surface area (Å²) in [5, 5.41) is 8.80. The van der Waals surface area contributed by atoms with Crippen LogP contribution >= 0.6 is 23.4 Å². The number of carbonyl (C=O) groups is 2. The van der Waals surface area contributed by atoms with E-state index in [1.807, 2.05) is 30.3 Å². The van der Waals surface area contributed by atoms with Gasteiger partial charge in [-0.2, -0.15) is 5.10 Å². The van der Waals surface area contributed by atoms with Crippen LogP contribution < -0.4 is 5.32 Å². The molecule has 2 amide bonds. The van der Waals surface area contributed by atoms with Crippen molar-refractivity contribution in [3.05, 3.63) is 64.7 Å². The Balaban J connectivity index is 1.75. The van der Waals surface area contributed by atoms with Crippen LogP contribution in [0.3, 0.4) is 0 Å². The first kappa shape index (κ1) is 15.2. The van der Waals surface area contributed by atoms with E-state index in [4.69, 9.17) is 11.6 Å². The minimum Gasteiger partial charge on any atom is -0.320 e. The molecule has 1 atom stereocenters. The van der Waals surface area contributed by atoms with Gasteiger partial charge in [-0.3, -0.25) is 9.59 Å². The summed E-state index contributed by atoms with van der Waals surface area (Å²) in [5.41, 5.74) is 2.45. The minimum absolute atomic E-state index is 0.121. The molecule has 0 spiro atoms. The molecule has 7 heteroatoms. The molecule has 5 nitrogen and oxygen atoms in total. The molecule has 1 unspecified atom stereocenters. The maximum absolute atomic E-state index is 12.3. The maximum atomic E-state index is 12.3. The SMILES string of the molecule is O=C1Nc2ccc(Cl)cc2/C1=N/N1C(=O)CSC1c1ccccc1. The van der Waals surface area contributed by atoms with Gasteiger partial charge in [-0.15, -0.1) is 11.8 Å². The zero-order valence-corrected chi connectivity index (χ0v) is 14.0. The van der Waals surface area contributed by atoms with E-state index in [-0.39, 0.29) is 22.9 Å². The number of nitrogens with one attached hydrogen (secondary N) is 1. The van der Waals surface area contributed by atoms with E-state index in [1.165, 1.54) is 16.8 Å². The normalized spacial score (nSPS) is 21.3. The van der Waals surface area contributed by atoms with Crippen molar-refractivity contribution in [2.45, 2.75) is 5.37 Å². The van der Waals surface area contributed by atoms with Crippen LogP contribution in [-0.4, -0.2) is 28.3 Å². The lowest BCUT2D eigenvalue weighted by molar-refractivity contribution is -0.128. The van der Waals surface area contributed by atoms with Gasteiger partial charge in [0.1, 0.15) is 5.37 Å². The van der Waals surface area contributed by atoms with Crippen molar-refractivity contribution in [3.8, 4) is 0 Å². The van der Waals surface area contributed by atoms with Gasteiger partial charge in [-0.25, -0.2) is 5.01 Å². The molecule has 2 aliphatic heterocycles. The van der Waals surface area contributed by atoms with Crippen molar-refractivity contribution in [1.82, 2.24) is 5.01 Å². The summed E-state index contributed by atoms with van der Waals surface area (Å²) in [7, 11) is 0. The van der Waals surface area contributed by atoms with Gasteiger partial charge in [0, 0.05) is 10.6 Å². The van der Waals surface area contributed by atoms with Gasteiger partial charge in [0.2, 0.25) is 0 Å². The summed E-state index contributed by atoms with van der Waals surface area (Å²) in [6.07, 6.45) is 0. The number of hydrazone groups is 1. The molecule has 120 valence electrons. The lowest BCUT2D eigenvalue weighted by Crippen LogP contribution is -2.27. The Bertz CT molecular complexity index is 869. The molecule has 24 heavy (non-hydrogen) atoms. The van der Waals surface area contributed by atoms with E-state index in [2.05, 4.69) is 10.4 Å². The molecule has 2 aliphatic rings. The zero-order chi connectivity index (χ0) is 16.7. The highest BCUT2D eigenvalue weighted by Crippen LogP contribution is 2.39. The fourth-order valence-corrected chi connectivity index (χ4v) is 3.97. The molecule has 0 aliphatic carbocycles. The summed E-state index contributed by atoms with van der Waals surface area (Å²) in [5.74, 6) is -0.117. The summed E-state index contributed by atoms with van der Waals surface area (Å²) >= 11 is 7.52. The number of anilines is 1. The van der Waals surface area contributed by atoms with Crippen molar-refractivity contribution in [3.63, 3.8) is 0 Å². The Morgan fingerprint density at radius 2 is 1.96 bits per heavy atom. The van der Waals surface area contributed by atoms with Gasteiger partial charge >= 0.3 is 0 Å². The lowest BCUT2D eigenvalue weighted by atomic mass is 10.1. The molecule has 1 N–H and O–H groups in total. The van der Waals surface area contributed by atoms with Crippen molar-refractivity contribution in [2.75, 3.05) is 11.1 Å². The standard InChI is InChI=1S/C17H12ClN3O2S/c18-11-6-7-13-12(8-11)15(16(23)19-13)20-21-14(22)9-24-17(21)10-4-2-1-3-5-10/h1-8,17H,9H2,(H,19,20,23). The second kappa shape index (κ2) is 5.96. The second-order valence-corrected chi connectivity index (χ2v) is 6.91. The highest BCUT2D eigenvalue weighted by molar-refractivity contribution is 8.00. The third-order valence-corrected chi connectivity index (χ3v) is 5.27. The Hall–Kier alpha value is -2.31. The van der Waals surface area contributed by atoms with Crippen LogP contribution in [0.25, 0.3) is 0 Å². The predicted molar refractivity (Wildman–Crippen MR) is 95.1 cm³/mol. The zero-order valence-electron chi connectivity index (χ0n) is 12.4. The molecule has 0 radical (unpaired) electrons. The summed E-state index contributed by atoms with van der Waals surface area (Å²) in [4.78, 5) is 24.5. The summed E-state index contributed by atoms with van der Waals surface area (Å²) in [6.45, 7) is 0. The number of amides is 2. The molecule has 1 fully saturated rings. The first-order valence-electron chi connectivity index (χ1n) is 7.32. The molecule has 0 saturated carbocycles. The fraction of sp³-hybridized carbons (Fsp3) is 0.118. The largest absolute Gasteiger partial charge is 0.320 e. The van der Waals surface area contributed by atoms with Gasteiger partial charge in [-0.05, 0) is 23.8 Å². The van der Waals surface area contributed by atoms with E-state index in [1.54, 1.807) is 18.2 Å². The predicted octanol–water partition coefficient (Wildman–Crippen LogP) is 3.27. The second-order valence-electron chi connectivity index (χ2n) is 5.40. The number of halogens is 1. The van der Waals surface area contributed by atoms with Crippen molar-refractivity contribution in [1.29, 1.82) is 0 Å². The van der Waals surface area contributed by atoms with E-state index < -0.39 is 0 Å². The quantitative estimate of drug-likeness (QED) is 0.897. The molecule has 2 aromatic carbocycles. The fourth-order valence-electron chi connectivity index (χ4n) is 2.71. The van der Waals surface area contributed by atoms with Crippen LogP contribution in [0.5, 0.6) is 0 Å². The third kappa shape index (κ3) is 2.57. The van der Waals surface area contributed by atoms with Crippen LogP contribution in [0.15, 0.2) is 53.6 Å². The Morgan fingerprint density at radius 1 is 1.17 bits per heavy atom. The number of nitrogens with zero attached hydrogens (tertiary/aromatic N) is 2. The number of thioether (sulfide) groups is 1. The van der Waals surface area contributed by atoms with Crippen molar-refractivity contribution in [2.24, 2.45) is 5.10 Å². The number of benzene rings is 2. The molecule has 4 rings (SSSR count). The number of hydrogen-bond donors (Lipinski definition) is 1. The van der Waals surface area contributed by atoms with Crippen LogP contribution in [0.4, 0.5) is 5.69 Å². The number of carbonyl (C=O) groups excluding carboxylic acids is 2. The van der Waals surface area contributed by atoms with Gasteiger partial charge in [-0.1, -0.05) is 41.9 Å². The van der Waals surface area contributed by atoms with Crippen LogP contribution in [0.1, 0.15) is 16.5 Å². The lowest BCUT2D eigenvalue weighted by Gasteiger charge is -2.19. The smallest absolute Gasteiger partial charge is 0.276 e. The molecular weight excluding hydrogens is 346 g/mol. The monoisotopic (exact) mass is 357 g/mol. The highest BCUT2D eigenvalue weighted by atomic mass is 35.5. The Morgan fingerprint density at radius 3 is 2.75 bits per heavy atom. The van der Waals surface area contributed by atoms with Gasteiger partial charge in [0.15, 0.2) is 5.71 Å². The number of fused-ring (bicyclic) bond motifs is 1. The van der Waals surface area contributed by atoms with Crippen LogP contribution in [0, 0.1) is 0 Å². The van der Waals surface area contributed by atoms with E-state index in [9.17, 15) is 9.59 Å². The van der Waals surface area contributed by atoms with E-state index in [0.29, 0.717) is 22.0 Å². The first-order valence-corrected chi connectivity index (χ1v) is 8.74. The first-order chi connectivity index (χ1) is 11.6. The average Bonchev–Trinajstić information content (AvgIpc) is 3.10. The molecule has 0 aromatic heterocycles. The molecular formula is C17H12ClN3O2S. The van der Waals surface area contributed by atoms with Crippen LogP contribution in [0.2, 0.25) is 5.02 Å². The molecule has 2 heterocycles. The highest BCUT2D eigenvalue weighted by Gasteiger charge is 2.36. The average molecular weight is 358 g/mol. The van der Waals surface area contributed by atoms with Crippen molar-refractivity contribution >= 4 is 46.6 Å². The summed E-state index contributed by atoms with van der Waals surface area (Å²) in [6, 6.07) is 14.8. The Labute approximate surface area is 147 Å². The molecule has 0 bridgehead atoms. The molecule has 2 aromatic rings. The minimum atomic E-state index is -0.330. The van der Waals surface area contributed by atoms with E-state index >= 15 is 0 Å². The summed E-state index contributed by atoms with van der Waals surface area (Å²) < 4.78 is 0. The van der Waals surface area contributed by atoms with Crippen molar-refractivity contribution < 1.29 is 9.59 Å².